The lowest BCUT2D eigenvalue weighted by Gasteiger charge is -2.36. The van der Waals surface area contributed by atoms with Crippen LogP contribution in [0.15, 0.2) is 103 Å². The van der Waals surface area contributed by atoms with Crippen molar-refractivity contribution in [2.45, 2.75) is 13.5 Å². The third-order valence-electron chi connectivity index (χ3n) is 6.70. The molecule has 5 rings (SSSR count). The molecule has 4 aromatic rings. The molecule has 1 N–H and O–H groups in total. The molecule has 1 saturated heterocycles. The van der Waals surface area contributed by atoms with Gasteiger partial charge in [0.2, 0.25) is 0 Å². The quantitative estimate of drug-likeness (QED) is 0.345. The number of benzene rings is 4. The Morgan fingerprint density at radius 3 is 2.18 bits per heavy atom. The maximum Gasteiger partial charge on any atom is 0.255 e. The molecule has 0 unspecified atom stereocenters. The molecule has 6 nitrogen and oxygen atoms in total. The van der Waals surface area contributed by atoms with Crippen LogP contribution in [0.4, 0.5) is 11.4 Å². The fraction of sp³-hybridized carbons (Fsp3) is 0.188. The molecule has 1 aliphatic heterocycles. The molecule has 0 bridgehead atoms. The molecule has 0 radical (unpaired) electrons. The largest absolute Gasteiger partial charge is 0.489 e. The van der Waals surface area contributed by atoms with Crippen LogP contribution in [0, 0.1) is 6.92 Å². The molecule has 0 aromatic heterocycles. The van der Waals surface area contributed by atoms with Crippen LogP contribution in [-0.4, -0.2) is 42.9 Å². The number of hydrogen-bond donors (Lipinski definition) is 1. The van der Waals surface area contributed by atoms with E-state index in [9.17, 15) is 9.59 Å². The predicted octanol–water partition coefficient (Wildman–Crippen LogP) is 5.79. The number of ether oxygens (including phenoxy) is 1. The molecular formula is C32H31N3O3. The first kappa shape index (κ1) is 25.1. The van der Waals surface area contributed by atoms with E-state index in [-0.39, 0.29) is 11.8 Å². The smallest absolute Gasteiger partial charge is 0.255 e. The molecule has 6 heteroatoms. The van der Waals surface area contributed by atoms with E-state index in [1.165, 1.54) is 0 Å². The number of rotatable bonds is 7. The SMILES string of the molecule is Cc1ccc(C(=O)N2CCN(c3ccc(NC(=O)c4cccc(OCc5ccccc5)c4)cc3)CC2)cc1. The van der Waals surface area contributed by atoms with Gasteiger partial charge in [0, 0.05) is 48.7 Å². The molecule has 0 spiro atoms. The fourth-order valence-electron chi connectivity index (χ4n) is 4.47. The Balaban J connectivity index is 1.13. The Hall–Kier alpha value is -4.58. The highest BCUT2D eigenvalue weighted by molar-refractivity contribution is 6.04. The van der Waals surface area contributed by atoms with E-state index < -0.39 is 0 Å². The maximum atomic E-state index is 12.8. The van der Waals surface area contributed by atoms with Crippen LogP contribution < -0.4 is 15.0 Å². The number of carbonyl (C=O) groups is 2. The van der Waals surface area contributed by atoms with Crippen molar-refractivity contribution in [2.24, 2.45) is 0 Å². The zero-order chi connectivity index (χ0) is 26.3. The average Bonchev–Trinajstić information content (AvgIpc) is 2.97. The Kier molecular flexibility index (Phi) is 7.69. The van der Waals surface area contributed by atoms with E-state index in [2.05, 4.69) is 10.2 Å². The summed E-state index contributed by atoms with van der Waals surface area (Å²) >= 11 is 0. The predicted molar refractivity (Wildman–Crippen MR) is 151 cm³/mol. The molecule has 2 amide bonds. The number of piperazine rings is 1. The van der Waals surface area contributed by atoms with E-state index in [4.69, 9.17) is 4.74 Å². The van der Waals surface area contributed by atoms with Gasteiger partial charge in [-0.3, -0.25) is 9.59 Å². The van der Waals surface area contributed by atoms with E-state index in [0.717, 1.165) is 41.2 Å². The number of carbonyl (C=O) groups excluding carboxylic acids is 2. The minimum Gasteiger partial charge on any atom is -0.489 e. The van der Waals surface area contributed by atoms with Crippen molar-refractivity contribution >= 4 is 23.2 Å². The second-order valence-electron chi connectivity index (χ2n) is 9.45. The summed E-state index contributed by atoms with van der Waals surface area (Å²) in [6, 6.07) is 32.7. The lowest BCUT2D eigenvalue weighted by Crippen LogP contribution is -2.48. The maximum absolute atomic E-state index is 12.8. The molecule has 0 saturated carbocycles. The second-order valence-corrected chi connectivity index (χ2v) is 9.45. The minimum absolute atomic E-state index is 0.0808. The van der Waals surface area contributed by atoms with Crippen molar-refractivity contribution in [3.63, 3.8) is 0 Å². The monoisotopic (exact) mass is 505 g/mol. The summed E-state index contributed by atoms with van der Waals surface area (Å²) in [6.45, 7) is 5.34. The highest BCUT2D eigenvalue weighted by atomic mass is 16.5. The number of nitrogens with one attached hydrogen (secondary N) is 1. The van der Waals surface area contributed by atoms with Gasteiger partial charge in [0.1, 0.15) is 12.4 Å². The molecular weight excluding hydrogens is 474 g/mol. The summed E-state index contributed by atoms with van der Waals surface area (Å²) < 4.78 is 5.86. The summed E-state index contributed by atoms with van der Waals surface area (Å²) in [4.78, 5) is 29.8. The van der Waals surface area contributed by atoms with E-state index >= 15 is 0 Å². The highest BCUT2D eigenvalue weighted by Crippen LogP contribution is 2.22. The summed E-state index contributed by atoms with van der Waals surface area (Å²) in [5.41, 5.74) is 5.28. The van der Waals surface area contributed by atoms with Crippen LogP contribution >= 0.6 is 0 Å². The fourth-order valence-corrected chi connectivity index (χ4v) is 4.47. The standard InChI is InChI=1S/C32H31N3O3/c1-24-10-12-26(13-11-24)32(37)35-20-18-34(19-21-35)29-16-14-28(15-17-29)33-31(36)27-8-5-9-30(22-27)38-23-25-6-3-2-4-7-25/h2-17,22H,18-21,23H2,1H3,(H,33,36). The lowest BCUT2D eigenvalue weighted by molar-refractivity contribution is 0.0746. The first-order chi connectivity index (χ1) is 18.5. The van der Waals surface area contributed by atoms with E-state index in [1.807, 2.05) is 103 Å². The first-order valence-electron chi connectivity index (χ1n) is 12.8. The van der Waals surface area contributed by atoms with Gasteiger partial charge in [0.25, 0.3) is 11.8 Å². The topological polar surface area (TPSA) is 61.9 Å². The summed E-state index contributed by atoms with van der Waals surface area (Å²) in [6.07, 6.45) is 0. The molecule has 1 fully saturated rings. The third kappa shape index (κ3) is 6.21. The zero-order valence-electron chi connectivity index (χ0n) is 21.5. The Labute approximate surface area is 223 Å². The van der Waals surface area contributed by atoms with Crippen molar-refractivity contribution in [3.8, 4) is 5.75 Å². The summed E-state index contributed by atoms with van der Waals surface area (Å²) in [7, 11) is 0. The molecule has 192 valence electrons. The molecule has 1 heterocycles. The van der Waals surface area contributed by atoms with Gasteiger partial charge >= 0.3 is 0 Å². The van der Waals surface area contributed by atoms with Gasteiger partial charge in [0.15, 0.2) is 0 Å². The van der Waals surface area contributed by atoms with Gasteiger partial charge in [-0.05, 0) is 67.1 Å². The summed E-state index contributed by atoms with van der Waals surface area (Å²) in [5.74, 6) is 0.542. The van der Waals surface area contributed by atoms with Crippen LogP contribution in [0.3, 0.4) is 0 Å². The highest BCUT2D eigenvalue weighted by Gasteiger charge is 2.22. The molecule has 1 aliphatic rings. The number of hydrogen-bond acceptors (Lipinski definition) is 4. The van der Waals surface area contributed by atoms with Crippen molar-refractivity contribution < 1.29 is 14.3 Å². The van der Waals surface area contributed by atoms with Gasteiger partial charge < -0.3 is 19.9 Å². The van der Waals surface area contributed by atoms with Crippen LogP contribution in [-0.2, 0) is 6.61 Å². The van der Waals surface area contributed by atoms with Crippen molar-refractivity contribution in [3.05, 3.63) is 125 Å². The minimum atomic E-state index is -0.189. The Bertz CT molecular complexity index is 1380. The molecule has 4 aromatic carbocycles. The number of amides is 2. The molecule has 0 aliphatic carbocycles. The van der Waals surface area contributed by atoms with Crippen molar-refractivity contribution in [1.29, 1.82) is 0 Å². The second kappa shape index (κ2) is 11.6. The van der Waals surface area contributed by atoms with Gasteiger partial charge in [0.05, 0.1) is 0 Å². The van der Waals surface area contributed by atoms with Crippen molar-refractivity contribution in [2.75, 3.05) is 36.4 Å². The number of nitrogens with zero attached hydrogens (tertiary/aromatic N) is 2. The van der Waals surface area contributed by atoms with Gasteiger partial charge in [-0.25, -0.2) is 0 Å². The van der Waals surface area contributed by atoms with Crippen LogP contribution in [0.2, 0.25) is 0 Å². The third-order valence-corrected chi connectivity index (χ3v) is 6.70. The Morgan fingerprint density at radius 1 is 0.763 bits per heavy atom. The average molecular weight is 506 g/mol. The van der Waals surface area contributed by atoms with Crippen LogP contribution in [0.1, 0.15) is 31.8 Å². The number of anilines is 2. The first-order valence-corrected chi connectivity index (χ1v) is 12.8. The Morgan fingerprint density at radius 2 is 1.47 bits per heavy atom. The van der Waals surface area contributed by atoms with E-state index in [1.54, 1.807) is 12.1 Å². The van der Waals surface area contributed by atoms with E-state index in [0.29, 0.717) is 31.0 Å². The van der Waals surface area contributed by atoms with Gasteiger partial charge in [-0.2, -0.15) is 0 Å². The lowest BCUT2D eigenvalue weighted by atomic mass is 10.1. The van der Waals surface area contributed by atoms with Gasteiger partial charge in [-0.1, -0.05) is 54.1 Å². The van der Waals surface area contributed by atoms with Gasteiger partial charge in [-0.15, -0.1) is 0 Å². The van der Waals surface area contributed by atoms with Crippen LogP contribution in [0.5, 0.6) is 5.75 Å². The molecule has 38 heavy (non-hydrogen) atoms. The van der Waals surface area contributed by atoms with Crippen LogP contribution in [0.25, 0.3) is 0 Å². The summed E-state index contributed by atoms with van der Waals surface area (Å²) in [5, 5.41) is 2.97. The normalized spacial score (nSPS) is 13.2. The number of aryl methyl sites for hydroxylation is 1. The van der Waals surface area contributed by atoms with Crippen molar-refractivity contribution in [1.82, 2.24) is 4.90 Å². The zero-order valence-corrected chi connectivity index (χ0v) is 21.5. The molecule has 0 atom stereocenters.